The van der Waals surface area contributed by atoms with Crippen LogP contribution in [0.3, 0.4) is 0 Å². The predicted molar refractivity (Wildman–Crippen MR) is 63.3 cm³/mol. The first-order valence-corrected chi connectivity index (χ1v) is 6.00. The molecule has 2 N–H and O–H groups in total. The van der Waals surface area contributed by atoms with Crippen LogP contribution in [0.2, 0.25) is 0 Å². The van der Waals surface area contributed by atoms with Crippen LogP contribution in [0.1, 0.15) is 16.7 Å². The second-order valence-corrected chi connectivity index (χ2v) is 4.80. The Balaban J connectivity index is 2.28. The molecule has 0 aliphatic carbocycles. The molecular formula is C10H10BrNO2S. The predicted octanol–water partition coefficient (Wildman–Crippen LogP) is 3.16. The Labute approximate surface area is 100.0 Å². The fraction of sp³-hybridized carbons (Fsp3) is 0.200. The van der Waals surface area contributed by atoms with E-state index in [2.05, 4.69) is 15.9 Å². The summed E-state index contributed by atoms with van der Waals surface area (Å²) < 4.78 is 11.3. The maximum absolute atomic E-state index is 6.06. The van der Waals surface area contributed by atoms with E-state index in [1.54, 1.807) is 24.7 Å². The number of hydrogen-bond donors (Lipinski definition) is 1. The van der Waals surface area contributed by atoms with Crippen molar-refractivity contribution in [2.75, 3.05) is 7.11 Å². The van der Waals surface area contributed by atoms with E-state index < -0.39 is 0 Å². The first-order valence-electron chi connectivity index (χ1n) is 4.33. The molecule has 0 saturated carbocycles. The van der Waals surface area contributed by atoms with E-state index in [4.69, 9.17) is 14.9 Å². The Hall–Kier alpha value is -0.780. The summed E-state index contributed by atoms with van der Waals surface area (Å²) in [5.74, 6) is 1.56. The van der Waals surface area contributed by atoms with Gasteiger partial charge in [-0.3, -0.25) is 0 Å². The van der Waals surface area contributed by atoms with Crippen molar-refractivity contribution in [3.05, 3.63) is 38.9 Å². The van der Waals surface area contributed by atoms with Crippen molar-refractivity contribution in [1.29, 1.82) is 0 Å². The Morgan fingerprint density at radius 3 is 2.93 bits per heavy atom. The molecule has 0 spiro atoms. The third kappa shape index (κ3) is 2.09. The molecule has 1 unspecified atom stereocenters. The summed E-state index contributed by atoms with van der Waals surface area (Å²) in [5, 5.41) is 1.92. The molecule has 0 aliphatic rings. The molecule has 0 aromatic carbocycles. The minimum atomic E-state index is -0.247. The number of hydrogen-bond acceptors (Lipinski definition) is 4. The van der Waals surface area contributed by atoms with Crippen molar-refractivity contribution in [1.82, 2.24) is 0 Å². The minimum absolute atomic E-state index is 0.247. The van der Waals surface area contributed by atoms with Crippen LogP contribution in [0.4, 0.5) is 0 Å². The highest BCUT2D eigenvalue weighted by molar-refractivity contribution is 9.10. The Kier molecular flexibility index (Phi) is 3.14. The van der Waals surface area contributed by atoms with Gasteiger partial charge in [0.2, 0.25) is 0 Å². The van der Waals surface area contributed by atoms with Crippen LogP contribution in [0.15, 0.2) is 32.7 Å². The normalized spacial score (nSPS) is 12.7. The zero-order valence-electron chi connectivity index (χ0n) is 8.07. The van der Waals surface area contributed by atoms with Crippen LogP contribution in [0, 0.1) is 0 Å². The van der Waals surface area contributed by atoms with Crippen molar-refractivity contribution in [3.8, 4) is 5.75 Å². The second kappa shape index (κ2) is 4.38. The number of rotatable bonds is 3. The summed E-state index contributed by atoms with van der Waals surface area (Å²) in [6, 6.07) is 3.51. The maximum atomic E-state index is 6.06. The first kappa shape index (κ1) is 10.7. The lowest BCUT2D eigenvalue weighted by Gasteiger charge is -2.06. The minimum Gasteiger partial charge on any atom is -0.496 e. The largest absolute Gasteiger partial charge is 0.496 e. The van der Waals surface area contributed by atoms with E-state index in [1.165, 1.54) is 0 Å². The van der Waals surface area contributed by atoms with Gasteiger partial charge < -0.3 is 14.9 Å². The zero-order chi connectivity index (χ0) is 10.8. The van der Waals surface area contributed by atoms with E-state index in [0.717, 1.165) is 20.9 Å². The molecule has 15 heavy (non-hydrogen) atoms. The van der Waals surface area contributed by atoms with Gasteiger partial charge >= 0.3 is 0 Å². The van der Waals surface area contributed by atoms with Crippen LogP contribution in [-0.4, -0.2) is 7.11 Å². The first-order chi connectivity index (χ1) is 7.22. The lowest BCUT2D eigenvalue weighted by atomic mass is 10.2. The quantitative estimate of drug-likeness (QED) is 0.943. The van der Waals surface area contributed by atoms with Crippen molar-refractivity contribution in [3.63, 3.8) is 0 Å². The van der Waals surface area contributed by atoms with Gasteiger partial charge in [-0.1, -0.05) is 0 Å². The molecule has 0 fully saturated rings. The molecule has 5 heteroatoms. The van der Waals surface area contributed by atoms with E-state index in [9.17, 15) is 0 Å². The number of thiophene rings is 1. The summed E-state index contributed by atoms with van der Waals surface area (Å²) in [7, 11) is 1.64. The molecular weight excluding hydrogens is 278 g/mol. The molecule has 0 radical (unpaired) electrons. The molecule has 2 aromatic heterocycles. The highest BCUT2D eigenvalue weighted by Crippen LogP contribution is 2.33. The fourth-order valence-electron chi connectivity index (χ4n) is 1.26. The van der Waals surface area contributed by atoms with Crippen LogP contribution in [0.5, 0.6) is 5.75 Å². The van der Waals surface area contributed by atoms with Crippen molar-refractivity contribution in [2.45, 2.75) is 6.04 Å². The third-order valence-electron chi connectivity index (χ3n) is 2.07. The highest BCUT2D eigenvalue weighted by Gasteiger charge is 2.17. The molecule has 0 bridgehead atoms. The Morgan fingerprint density at radius 1 is 1.60 bits per heavy atom. The van der Waals surface area contributed by atoms with Gasteiger partial charge in [0.1, 0.15) is 11.5 Å². The van der Waals surface area contributed by atoms with Crippen molar-refractivity contribution in [2.24, 2.45) is 5.73 Å². The molecule has 2 heterocycles. The lowest BCUT2D eigenvalue weighted by Crippen LogP contribution is -2.09. The SMILES string of the molecule is COc1csc(C(N)c2occc2Br)c1. The van der Waals surface area contributed by atoms with Gasteiger partial charge in [0, 0.05) is 10.3 Å². The van der Waals surface area contributed by atoms with Gasteiger partial charge in [0.25, 0.3) is 0 Å². The molecule has 0 amide bonds. The van der Waals surface area contributed by atoms with E-state index in [1.807, 2.05) is 17.5 Å². The van der Waals surface area contributed by atoms with Gasteiger partial charge in [-0.05, 0) is 28.1 Å². The average Bonchev–Trinajstić information content (AvgIpc) is 2.84. The number of halogens is 1. The highest BCUT2D eigenvalue weighted by atomic mass is 79.9. The summed E-state index contributed by atoms with van der Waals surface area (Å²) in [5.41, 5.74) is 6.06. The fourth-order valence-corrected chi connectivity index (χ4v) is 2.56. The molecule has 2 rings (SSSR count). The molecule has 3 nitrogen and oxygen atoms in total. The molecule has 1 atom stereocenters. The Morgan fingerprint density at radius 2 is 2.40 bits per heavy atom. The van der Waals surface area contributed by atoms with Gasteiger partial charge in [-0.25, -0.2) is 0 Å². The van der Waals surface area contributed by atoms with Crippen LogP contribution < -0.4 is 10.5 Å². The Bertz CT molecular complexity index is 452. The van der Waals surface area contributed by atoms with Crippen LogP contribution >= 0.6 is 27.3 Å². The third-order valence-corrected chi connectivity index (χ3v) is 3.71. The van der Waals surface area contributed by atoms with E-state index >= 15 is 0 Å². The summed E-state index contributed by atoms with van der Waals surface area (Å²) in [6.45, 7) is 0. The maximum Gasteiger partial charge on any atom is 0.139 e. The van der Waals surface area contributed by atoms with Gasteiger partial charge in [0.05, 0.1) is 23.9 Å². The van der Waals surface area contributed by atoms with Gasteiger partial charge in [-0.2, -0.15) is 0 Å². The van der Waals surface area contributed by atoms with Crippen molar-refractivity contribution < 1.29 is 9.15 Å². The average molecular weight is 288 g/mol. The molecule has 80 valence electrons. The molecule has 2 aromatic rings. The van der Waals surface area contributed by atoms with E-state index in [0.29, 0.717) is 0 Å². The number of methoxy groups -OCH3 is 1. The summed E-state index contributed by atoms with van der Waals surface area (Å²) in [4.78, 5) is 1.02. The molecule has 0 saturated heterocycles. The summed E-state index contributed by atoms with van der Waals surface area (Å²) in [6.07, 6.45) is 1.62. The van der Waals surface area contributed by atoms with Gasteiger partial charge in [0.15, 0.2) is 0 Å². The van der Waals surface area contributed by atoms with Crippen molar-refractivity contribution >= 4 is 27.3 Å². The smallest absolute Gasteiger partial charge is 0.139 e. The van der Waals surface area contributed by atoms with E-state index in [-0.39, 0.29) is 6.04 Å². The van der Waals surface area contributed by atoms with Gasteiger partial charge in [-0.15, -0.1) is 11.3 Å². The number of furan rings is 1. The van der Waals surface area contributed by atoms with Crippen LogP contribution in [0.25, 0.3) is 0 Å². The standard InChI is InChI=1S/C10H10BrNO2S/c1-13-6-4-8(15-5-6)9(12)10-7(11)2-3-14-10/h2-5,9H,12H2,1H3. The molecule has 0 aliphatic heterocycles. The zero-order valence-corrected chi connectivity index (χ0v) is 10.5. The summed E-state index contributed by atoms with van der Waals surface area (Å²) >= 11 is 4.95. The van der Waals surface area contributed by atoms with Crippen LogP contribution in [-0.2, 0) is 0 Å². The lowest BCUT2D eigenvalue weighted by molar-refractivity contribution is 0.416. The monoisotopic (exact) mass is 287 g/mol. The second-order valence-electron chi connectivity index (χ2n) is 3.00. The topological polar surface area (TPSA) is 48.4 Å². The number of nitrogens with two attached hydrogens (primary N) is 1. The number of ether oxygens (including phenoxy) is 1.